The highest BCUT2D eigenvalue weighted by atomic mass is 16.1. The predicted octanol–water partition coefficient (Wildman–Crippen LogP) is -0.934. The van der Waals surface area contributed by atoms with Crippen LogP contribution in [0.3, 0.4) is 0 Å². The van der Waals surface area contributed by atoms with Gasteiger partial charge in [-0.05, 0) is 0 Å². The summed E-state index contributed by atoms with van der Waals surface area (Å²) in [6.45, 7) is 0.490. The third-order valence-electron chi connectivity index (χ3n) is 2.75. The van der Waals surface area contributed by atoms with Crippen molar-refractivity contribution >= 4 is 17.8 Å². The summed E-state index contributed by atoms with van der Waals surface area (Å²) in [4.78, 5) is 29.7. The summed E-state index contributed by atoms with van der Waals surface area (Å²) in [6, 6.07) is 0. The smallest absolute Gasteiger partial charge is 0.258 e. The number of aromatic nitrogens is 6. The van der Waals surface area contributed by atoms with Crippen LogP contribution in [0, 0.1) is 0 Å². The lowest BCUT2D eigenvalue weighted by Gasteiger charge is -2.17. The average Bonchev–Trinajstić information content (AvgIpc) is 3.06. The van der Waals surface area contributed by atoms with Crippen molar-refractivity contribution in [3.8, 4) is 5.95 Å². The lowest BCUT2D eigenvalue weighted by atomic mass is 10.4. The number of hydrogen-bond donors (Lipinski definition) is 2. The van der Waals surface area contributed by atoms with Crippen LogP contribution in [-0.2, 0) is 4.79 Å². The zero-order valence-electron chi connectivity index (χ0n) is 12.1. The van der Waals surface area contributed by atoms with Crippen molar-refractivity contribution in [3.63, 3.8) is 0 Å². The van der Waals surface area contributed by atoms with E-state index in [0.717, 1.165) is 0 Å². The molecule has 0 aromatic carbocycles. The summed E-state index contributed by atoms with van der Waals surface area (Å²) in [7, 11) is 5.13. The van der Waals surface area contributed by atoms with Gasteiger partial charge in [0.05, 0.1) is 0 Å². The molecule has 112 valence electrons. The first-order valence-electron chi connectivity index (χ1n) is 6.34. The topological polar surface area (TPSA) is 114 Å². The van der Waals surface area contributed by atoms with Gasteiger partial charge in [-0.3, -0.25) is 4.79 Å². The van der Waals surface area contributed by atoms with Crippen LogP contribution in [0.15, 0.2) is 12.7 Å². The molecule has 0 aliphatic heterocycles. The highest BCUT2D eigenvalue weighted by Gasteiger charge is 2.12. The fourth-order valence-corrected chi connectivity index (χ4v) is 1.54. The maximum atomic E-state index is 11.3. The van der Waals surface area contributed by atoms with Crippen molar-refractivity contribution in [3.05, 3.63) is 12.7 Å². The van der Waals surface area contributed by atoms with Crippen molar-refractivity contribution < 1.29 is 4.79 Å². The second kappa shape index (κ2) is 6.59. The van der Waals surface area contributed by atoms with E-state index in [1.165, 1.54) is 17.3 Å². The molecule has 1 amide bonds. The van der Waals surface area contributed by atoms with Crippen LogP contribution in [-0.4, -0.2) is 63.3 Å². The molecule has 10 heteroatoms. The van der Waals surface area contributed by atoms with Crippen molar-refractivity contribution in [1.82, 2.24) is 35.0 Å². The van der Waals surface area contributed by atoms with Gasteiger partial charge in [0.15, 0.2) is 0 Å². The Bertz CT molecular complexity index is 598. The van der Waals surface area contributed by atoms with Gasteiger partial charge in [0.2, 0.25) is 17.8 Å². The van der Waals surface area contributed by atoms with Gasteiger partial charge in [0.1, 0.15) is 12.7 Å². The average molecular weight is 291 g/mol. The van der Waals surface area contributed by atoms with Crippen molar-refractivity contribution in [2.45, 2.75) is 6.42 Å². The van der Waals surface area contributed by atoms with E-state index < -0.39 is 0 Å². The molecule has 21 heavy (non-hydrogen) atoms. The van der Waals surface area contributed by atoms with Gasteiger partial charge in [0, 0.05) is 34.1 Å². The Morgan fingerprint density at radius 1 is 1.33 bits per heavy atom. The number of nitrogens with zero attached hydrogens (tertiary/aromatic N) is 7. The van der Waals surface area contributed by atoms with Crippen LogP contribution in [0.4, 0.5) is 11.9 Å². The van der Waals surface area contributed by atoms with Crippen LogP contribution in [0.25, 0.3) is 5.95 Å². The Morgan fingerprint density at radius 2 is 2.14 bits per heavy atom. The van der Waals surface area contributed by atoms with Crippen LogP contribution in [0.5, 0.6) is 0 Å². The van der Waals surface area contributed by atoms with E-state index in [1.54, 1.807) is 19.0 Å². The summed E-state index contributed by atoms with van der Waals surface area (Å²) in [5.41, 5.74) is 0. The lowest BCUT2D eigenvalue weighted by molar-refractivity contribution is -0.120. The third kappa shape index (κ3) is 3.61. The summed E-state index contributed by atoms with van der Waals surface area (Å²) in [6.07, 6.45) is 3.26. The molecule has 2 aromatic rings. The van der Waals surface area contributed by atoms with Crippen LogP contribution < -0.4 is 15.5 Å². The quantitative estimate of drug-likeness (QED) is 0.701. The maximum absolute atomic E-state index is 11.3. The Kier molecular flexibility index (Phi) is 4.59. The molecule has 0 aliphatic rings. The Labute approximate surface area is 121 Å². The van der Waals surface area contributed by atoms with Gasteiger partial charge in [0.25, 0.3) is 5.95 Å². The molecule has 2 rings (SSSR count). The molecule has 0 unspecified atom stereocenters. The van der Waals surface area contributed by atoms with E-state index in [1.807, 2.05) is 7.05 Å². The fraction of sp³-hybridized carbons (Fsp3) is 0.455. The Morgan fingerprint density at radius 3 is 2.76 bits per heavy atom. The Hall–Kier alpha value is -2.78. The van der Waals surface area contributed by atoms with Gasteiger partial charge in [-0.15, -0.1) is 0 Å². The molecule has 2 heterocycles. The molecule has 0 radical (unpaired) electrons. The van der Waals surface area contributed by atoms with Crippen LogP contribution >= 0.6 is 0 Å². The van der Waals surface area contributed by atoms with Gasteiger partial charge in [-0.1, -0.05) is 0 Å². The number of anilines is 2. The summed E-state index contributed by atoms with van der Waals surface area (Å²) < 4.78 is 1.44. The second-order valence-electron chi connectivity index (χ2n) is 4.19. The number of rotatable bonds is 6. The minimum Gasteiger partial charge on any atom is -0.359 e. The molecule has 0 bridgehead atoms. The SMILES string of the molecule is CNC(=O)CCN(C)c1nc(NC)nc(-n2cncn2)n1. The molecule has 0 saturated carbocycles. The van der Waals surface area contributed by atoms with Gasteiger partial charge in [-0.2, -0.15) is 24.7 Å². The minimum atomic E-state index is -0.0405. The van der Waals surface area contributed by atoms with Crippen LogP contribution in [0.2, 0.25) is 0 Å². The number of nitrogens with one attached hydrogen (secondary N) is 2. The summed E-state index contributed by atoms with van der Waals surface area (Å²) in [5, 5.41) is 9.44. The lowest BCUT2D eigenvalue weighted by Crippen LogP contribution is -2.28. The monoisotopic (exact) mass is 291 g/mol. The minimum absolute atomic E-state index is 0.0405. The third-order valence-corrected chi connectivity index (χ3v) is 2.75. The first kappa shape index (κ1) is 14.6. The van der Waals surface area contributed by atoms with Crippen molar-refractivity contribution in [1.29, 1.82) is 0 Å². The normalized spacial score (nSPS) is 10.2. The number of amides is 1. The molecular formula is C11H17N9O. The summed E-state index contributed by atoms with van der Waals surface area (Å²) >= 11 is 0. The first-order valence-corrected chi connectivity index (χ1v) is 6.34. The molecular weight excluding hydrogens is 274 g/mol. The first-order chi connectivity index (χ1) is 10.1. The molecule has 10 nitrogen and oxygen atoms in total. The number of carbonyl (C=O) groups excluding carboxylic acids is 1. The standard InChI is InChI=1S/C11H17N9O/c1-12-8(21)4-5-19(3)10-16-9(13-2)17-11(18-10)20-7-14-6-15-20/h6-7H,4-5H2,1-3H3,(H,12,21)(H,13,16,17,18). The molecule has 0 atom stereocenters. The van der Waals surface area contributed by atoms with Crippen LogP contribution in [0.1, 0.15) is 6.42 Å². The highest BCUT2D eigenvalue weighted by Crippen LogP contribution is 2.11. The zero-order chi connectivity index (χ0) is 15.2. The molecule has 2 aromatic heterocycles. The van der Waals surface area contributed by atoms with E-state index in [-0.39, 0.29) is 5.91 Å². The van der Waals surface area contributed by atoms with E-state index >= 15 is 0 Å². The zero-order valence-corrected chi connectivity index (χ0v) is 12.1. The van der Waals surface area contributed by atoms with Crippen molar-refractivity contribution in [2.24, 2.45) is 0 Å². The molecule has 0 saturated heterocycles. The Balaban J connectivity index is 2.22. The largest absolute Gasteiger partial charge is 0.359 e. The number of carbonyl (C=O) groups is 1. The molecule has 2 N–H and O–H groups in total. The molecule has 0 aliphatic carbocycles. The summed E-state index contributed by atoms with van der Waals surface area (Å²) in [5.74, 6) is 1.18. The van der Waals surface area contributed by atoms with Gasteiger partial charge in [-0.25, -0.2) is 4.98 Å². The van der Waals surface area contributed by atoms with E-state index in [4.69, 9.17) is 0 Å². The van der Waals surface area contributed by atoms with Crippen molar-refractivity contribution in [2.75, 3.05) is 37.9 Å². The molecule has 0 spiro atoms. The highest BCUT2D eigenvalue weighted by molar-refractivity contribution is 5.76. The molecule has 0 fully saturated rings. The maximum Gasteiger partial charge on any atom is 0.258 e. The van der Waals surface area contributed by atoms with E-state index in [0.29, 0.717) is 30.8 Å². The fourth-order valence-electron chi connectivity index (χ4n) is 1.54. The van der Waals surface area contributed by atoms with E-state index in [9.17, 15) is 4.79 Å². The van der Waals surface area contributed by atoms with Gasteiger partial charge < -0.3 is 15.5 Å². The predicted molar refractivity (Wildman–Crippen MR) is 76.2 cm³/mol. The van der Waals surface area contributed by atoms with E-state index in [2.05, 4.69) is 35.7 Å². The number of hydrogen-bond acceptors (Lipinski definition) is 8. The van der Waals surface area contributed by atoms with Gasteiger partial charge >= 0.3 is 0 Å². The second-order valence-corrected chi connectivity index (χ2v) is 4.19.